The fourth-order valence-corrected chi connectivity index (χ4v) is 1.69. The third-order valence-corrected chi connectivity index (χ3v) is 2.69. The quantitative estimate of drug-likeness (QED) is 0.877. The number of benzene rings is 1. The summed E-state index contributed by atoms with van der Waals surface area (Å²) < 4.78 is 12.9. The van der Waals surface area contributed by atoms with E-state index in [0.717, 1.165) is 0 Å². The average molecular weight is 273 g/mol. The highest BCUT2D eigenvalue weighted by atomic mass is 19.1. The van der Waals surface area contributed by atoms with E-state index in [9.17, 15) is 14.0 Å². The number of nitrogens with zero attached hydrogens (tertiary/aromatic N) is 1. The average Bonchev–Trinajstić information content (AvgIpc) is 2.46. The topological polar surface area (TPSA) is 85.1 Å². The van der Waals surface area contributed by atoms with E-state index in [1.807, 2.05) is 0 Å². The van der Waals surface area contributed by atoms with Gasteiger partial charge in [-0.05, 0) is 29.8 Å². The van der Waals surface area contributed by atoms with Gasteiger partial charge in [0, 0.05) is 12.4 Å². The van der Waals surface area contributed by atoms with Crippen molar-refractivity contribution in [3.63, 3.8) is 0 Å². The van der Waals surface area contributed by atoms with E-state index in [0.29, 0.717) is 11.1 Å². The third kappa shape index (κ3) is 3.17. The van der Waals surface area contributed by atoms with Gasteiger partial charge in [-0.3, -0.25) is 14.6 Å². The van der Waals surface area contributed by atoms with Gasteiger partial charge in [-0.15, -0.1) is 0 Å². The number of pyridine rings is 1. The van der Waals surface area contributed by atoms with Gasteiger partial charge in [0.05, 0.1) is 5.56 Å². The molecule has 0 spiro atoms. The molecule has 2 amide bonds. The smallest absolute Gasteiger partial charge is 0.253 e. The van der Waals surface area contributed by atoms with E-state index < -0.39 is 23.7 Å². The first-order chi connectivity index (χ1) is 9.58. The number of nitrogens with two attached hydrogens (primary N) is 1. The second-order valence-electron chi connectivity index (χ2n) is 4.10. The van der Waals surface area contributed by atoms with Gasteiger partial charge in [0.1, 0.15) is 11.9 Å². The molecule has 20 heavy (non-hydrogen) atoms. The Bertz CT molecular complexity index is 614. The molecule has 1 heterocycles. The summed E-state index contributed by atoms with van der Waals surface area (Å²) in [6.07, 6.45) is 2.90. The van der Waals surface area contributed by atoms with Gasteiger partial charge in [0.15, 0.2) is 0 Å². The molecule has 1 aromatic carbocycles. The van der Waals surface area contributed by atoms with Crippen LogP contribution in [0.3, 0.4) is 0 Å². The van der Waals surface area contributed by atoms with Crippen LogP contribution in [0.15, 0.2) is 48.8 Å². The molecule has 0 aliphatic carbocycles. The van der Waals surface area contributed by atoms with Gasteiger partial charge in [-0.25, -0.2) is 4.39 Å². The predicted molar refractivity (Wildman–Crippen MR) is 70.0 cm³/mol. The summed E-state index contributed by atoms with van der Waals surface area (Å²) in [5.74, 6) is -1.64. The van der Waals surface area contributed by atoms with E-state index in [1.165, 1.54) is 36.7 Å². The molecule has 0 saturated carbocycles. The van der Waals surface area contributed by atoms with Gasteiger partial charge in [-0.2, -0.15) is 0 Å². The molecular weight excluding hydrogens is 261 g/mol. The summed E-state index contributed by atoms with van der Waals surface area (Å²) in [5.41, 5.74) is 5.99. The van der Waals surface area contributed by atoms with Crippen LogP contribution in [0.1, 0.15) is 22.0 Å². The van der Waals surface area contributed by atoms with Crippen molar-refractivity contribution >= 4 is 11.8 Å². The summed E-state index contributed by atoms with van der Waals surface area (Å²) >= 11 is 0. The Morgan fingerprint density at radius 3 is 2.45 bits per heavy atom. The molecule has 0 radical (unpaired) electrons. The number of carbonyl (C=O) groups is 2. The maximum atomic E-state index is 12.9. The van der Waals surface area contributed by atoms with Crippen LogP contribution in [0.25, 0.3) is 0 Å². The largest absolute Gasteiger partial charge is 0.368 e. The van der Waals surface area contributed by atoms with E-state index in [2.05, 4.69) is 10.3 Å². The Labute approximate surface area is 114 Å². The Kier molecular flexibility index (Phi) is 4.05. The highest BCUT2D eigenvalue weighted by Crippen LogP contribution is 2.14. The van der Waals surface area contributed by atoms with E-state index in [-0.39, 0.29) is 0 Å². The van der Waals surface area contributed by atoms with Gasteiger partial charge in [0.2, 0.25) is 5.91 Å². The highest BCUT2D eigenvalue weighted by Gasteiger charge is 2.20. The van der Waals surface area contributed by atoms with Crippen LogP contribution in [0.5, 0.6) is 0 Å². The fraction of sp³-hybridized carbons (Fsp3) is 0.0714. The molecule has 0 saturated heterocycles. The lowest BCUT2D eigenvalue weighted by atomic mass is 10.1. The maximum Gasteiger partial charge on any atom is 0.253 e. The first-order valence-corrected chi connectivity index (χ1v) is 5.83. The zero-order valence-electron chi connectivity index (χ0n) is 10.4. The van der Waals surface area contributed by atoms with Gasteiger partial charge >= 0.3 is 0 Å². The van der Waals surface area contributed by atoms with Crippen molar-refractivity contribution in [3.8, 4) is 0 Å². The van der Waals surface area contributed by atoms with Crippen molar-refractivity contribution in [1.29, 1.82) is 0 Å². The minimum Gasteiger partial charge on any atom is -0.368 e. The monoisotopic (exact) mass is 273 g/mol. The Hall–Kier alpha value is -2.76. The number of amides is 2. The number of rotatable bonds is 4. The molecule has 0 aliphatic rings. The van der Waals surface area contributed by atoms with Crippen LogP contribution in [0.2, 0.25) is 0 Å². The number of primary amides is 1. The Morgan fingerprint density at radius 2 is 1.90 bits per heavy atom. The lowest BCUT2D eigenvalue weighted by molar-refractivity contribution is -0.120. The van der Waals surface area contributed by atoms with E-state index in [1.54, 1.807) is 12.1 Å². The molecule has 2 rings (SSSR count). The molecule has 1 aromatic heterocycles. The van der Waals surface area contributed by atoms with Crippen LogP contribution < -0.4 is 11.1 Å². The fourth-order valence-electron chi connectivity index (χ4n) is 1.69. The maximum absolute atomic E-state index is 12.9. The van der Waals surface area contributed by atoms with E-state index in [4.69, 9.17) is 5.73 Å². The number of carbonyl (C=O) groups excluding carboxylic acids is 2. The van der Waals surface area contributed by atoms with Crippen molar-refractivity contribution in [2.45, 2.75) is 6.04 Å². The molecule has 0 fully saturated rings. The second kappa shape index (κ2) is 5.92. The van der Waals surface area contributed by atoms with Crippen LogP contribution >= 0.6 is 0 Å². The van der Waals surface area contributed by atoms with E-state index >= 15 is 0 Å². The summed E-state index contributed by atoms with van der Waals surface area (Å²) in [4.78, 5) is 27.2. The van der Waals surface area contributed by atoms with Gasteiger partial charge < -0.3 is 11.1 Å². The summed E-state index contributed by atoms with van der Waals surface area (Å²) in [7, 11) is 0. The predicted octanol–water partition coefficient (Wildman–Crippen LogP) is 1.18. The Balaban J connectivity index is 2.20. The van der Waals surface area contributed by atoms with Crippen molar-refractivity contribution in [2.24, 2.45) is 5.73 Å². The molecule has 2 aromatic rings. The SMILES string of the molecule is NC(=O)[C@H](NC(=O)c1cccnc1)c1ccc(F)cc1. The third-order valence-electron chi connectivity index (χ3n) is 2.69. The van der Waals surface area contributed by atoms with Gasteiger partial charge in [-0.1, -0.05) is 12.1 Å². The number of hydrogen-bond acceptors (Lipinski definition) is 3. The molecule has 5 nitrogen and oxygen atoms in total. The lowest BCUT2D eigenvalue weighted by Crippen LogP contribution is -2.37. The van der Waals surface area contributed by atoms with Crippen LogP contribution in [0.4, 0.5) is 4.39 Å². The van der Waals surface area contributed by atoms with Crippen LogP contribution in [-0.4, -0.2) is 16.8 Å². The van der Waals surface area contributed by atoms with Gasteiger partial charge in [0.25, 0.3) is 5.91 Å². The summed E-state index contributed by atoms with van der Waals surface area (Å²) in [6, 6.07) is 7.33. The zero-order valence-corrected chi connectivity index (χ0v) is 10.4. The molecule has 3 N–H and O–H groups in total. The number of nitrogens with one attached hydrogen (secondary N) is 1. The van der Waals surface area contributed by atoms with Crippen molar-refractivity contribution in [2.75, 3.05) is 0 Å². The molecule has 6 heteroatoms. The van der Waals surface area contributed by atoms with Crippen LogP contribution in [0, 0.1) is 5.82 Å². The summed E-state index contributed by atoms with van der Waals surface area (Å²) in [5, 5.41) is 2.49. The molecule has 1 atom stereocenters. The second-order valence-corrected chi connectivity index (χ2v) is 4.10. The molecule has 102 valence electrons. The Morgan fingerprint density at radius 1 is 1.20 bits per heavy atom. The molecular formula is C14H12FN3O2. The number of aromatic nitrogens is 1. The lowest BCUT2D eigenvalue weighted by Gasteiger charge is -2.15. The first kappa shape index (κ1) is 13.7. The molecule has 0 unspecified atom stereocenters. The first-order valence-electron chi connectivity index (χ1n) is 5.83. The normalized spacial score (nSPS) is 11.7. The molecule has 0 bridgehead atoms. The van der Waals surface area contributed by atoms with Crippen molar-refractivity contribution in [3.05, 3.63) is 65.7 Å². The number of halogens is 1. The minimum absolute atomic E-state index is 0.306. The summed E-state index contributed by atoms with van der Waals surface area (Å²) in [6.45, 7) is 0. The zero-order chi connectivity index (χ0) is 14.5. The van der Waals surface area contributed by atoms with Crippen molar-refractivity contribution < 1.29 is 14.0 Å². The number of hydrogen-bond donors (Lipinski definition) is 2. The van der Waals surface area contributed by atoms with Crippen LogP contribution in [-0.2, 0) is 4.79 Å². The molecule has 0 aliphatic heterocycles. The minimum atomic E-state index is -1.02. The standard InChI is InChI=1S/C14H12FN3O2/c15-11-5-3-9(4-6-11)12(13(16)19)18-14(20)10-2-1-7-17-8-10/h1-8,12H,(H2,16,19)(H,18,20)/t12-/m1/s1. The van der Waals surface area contributed by atoms with Crippen molar-refractivity contribution in [1.82, 2.24) is 10.3 Å². The highest BCUT2D eigenvalue weighted by molar-refractivity contribution is 5.97.